The Balaban J connectivity index is 0.00000167. The van der Waals surface area contributed by atoms with E-state index in [2.05, 4.69) is 16.0 Å². The van der Waals surface area contributed by atoms with E-state index in [1.807, 2.05) is 13.8 Å². The lowest BCUT2D eigenvalue weighted by molar-refractivity contribution is -0.0798. The van der Waals surface area contributed by atoms with Crippen LogP contribution in [0.2, 0.25) is 0 Å². The molecule has 1 unspecified atom stereocenters. The Bertz CT molecular complexity index is 1020. The summed E-state index contributed by atoms with van der Waals surface area (Å²) in [5, 5.41) is 20.0. The molecule has 0 radical (unpaired) electrons. The van der Waals surface area contributed by atoms with Crippen LogP contribution in [-0.4, -0.2) is 60.3 Å². The summed E-state index contributed by atoms with van der Waals surface area (Å²) in [4.78, 5) is 14.4. The van der Waals surface area contributed by atoms with Gasteiger partial charge in [0.25, 0.3) is 5.91 Å². The Hall–Kier alpha value is -2.62. The van der Waals surface area contributed by atoms with Crippen molar-refractivity contribution in [1.29, 1.82) is 0 Å². The van der Waals surface area contributed by atoms with Crippen molar-refractivity contribution in [3.05, 3.63) is 58.9 Å². The molecular formula is C26H35F3N4O2. The van der Waals surface area contributed by atoms with E-state index in [4.69, 9.17) is 0 Å². The molecule has 2 aliphatic rings. The molecule has 1 amide bonds. The number of hydrogen-bond donors (Lipinski definition) is 4. The van der Waals surface area contributed by atoms with Crippen LogP contribution in [0, 0.1) is 24.4 Å². The zero-order valence-electron chi connectivity index (χ0n) is 20.6. The van der Waals surface area contributed by atoms with Crippen LogP contribution in [0.5, 0.6) is 0 Å². The van der Waals surface area contributed by atoms with E-state index in [1.165, 1.54) is 23.1 Å². The molecule has 2 fully saturated rings. The Labute approximate surface area is 204 Å². The molecule has 35 heavy (non-hydrogen) atoms. The summed E-state index contributed by atoms with van der Waals surface area (Å²) in [6, 6.07) is 6.57. The van der Waals surface area contributed by atoms with Gasteiger partial charge in [-0.2, -0.15) is 0 Å². The van der Waals surface area contributed by atoms with E-state index in [0.717, 1.165) is 38.4 Å². The lowest BCUT2D eigenvalue weighted by atomic mass is 9.92. The standard InChI is InChI=1S/C24H29F3N4O2.C2H6/c1-15-5-8-20(19(26)10-15)30-22-17(6-7-18(25)21(22)27)23(32)31-13-24(33,14-31)12-29-16-4-2-3-9-28-11-16;1-2/h5-8,10,16,28-30,33H,2-4,9,11-14H2,1H3;1-2H3. The van der Waals surface area contributed by atoms with Crippen molar-refractivity contribution in [3.8, 4) is 0 Å². The monoisotopic (exact) mass is 492 g/mol. The minimum atomic E-state index is -1.26. The molecule has 9 heteroatoms. The SMILES string of the molecule is CC.Cc1ccc(Nc2c(C(=O)N3CC(O)(CNC4CCCCNC4)C3)ccc(F)c2F)c(F)c1. The maximum atomic E-state index is 14.6. The molecule has 2 aliphatic heterocycles. The second-order valence-electron chi connectivity index (χ2n) is 9.06. The van der Waals surface area contributed by atoms with Gasteiger partial charge in [0.15, 0.2) is 11.6 Å². The maximum absolute atomic E-state index is 14.6. The lowest BCUT2D eigenvalue weighted by Crippen LogP contribution is -2.68. The summed E-state index contributed by atoms with van der Waals surface area (Å²) in [5.41, 5.74) is -1.04. The number of aliphatic hydroxyl groups is 1. The number of anilines is 2. The largest absolute Gasteiger partial charge is 0.385 e. The van der Waals surface area contributed by atoms with Crippen LogP contribution in [0.25, 0.3) is 0 Å². The molecule has 0 aromatic heterocycles. The molecule has 2 heterocycles. The molecule has 2 saturated heterocycles. The summed E-state index contributed by atoms with van der Waals surface area (Å²) in [5.74, 6) is -3.62. The van der Waals surface area contributed by atoms with Gasteiger partial charge in [0, 0.05) is 19.1 Å². The van der Waals surface area contributed by atoms with E-state index in [9.17, 15) is 23.1 Å². The van der Waals surface area contributed by atoms with Gasteiger partial charge in [0.2, 0.25) is 0 Å². The number of amides is 1. The van der Waals surface area contributed by atoms with Crippen LogP contribution in [0.3, 0.4) is 0 Å². The molecule has 2 aromatic rings. The molecule has 2 aromatic carbocycles. The molecule has 0 spiro atoms. The topological polar surface area (TPSA) is 76.6 Å². The summed E-state index contributed by atoms with van der Waals surface area (Å²) in [6.07, 6.45) is 3.26. The smallest absolute Gasteiger partial charge is 0.256 e. The number of nitrogens with zero attached hydrogens (tertiary/aromatic N) is 1. The van der Waals surface area contributed by atoms with Crippen molar-refractivity contribution in [2.45, 2.75) is 51.7 Å². The highest BCUT2D eigenvalue weighted by Crippen LogP contribution is 2.31. The second-order valence-corrected chi connectivity index (χ2v) is 9.06. The fourth-order valence-corrected chi connectivity index (χ4v) is 4.32. The Morgan fingerprint density at radius 1 is 1.14 bits per heavy atom. The van der Waals surface area contributed by atoms with Gasteiger partial charge in [-0.15, -0.1) is 0 Å². The van der Waals surface area contributed by atoms with Crippen LogP contribution < -0.4 is 16.0 Å². The van der Waals surface area contributed by atoms with E-state index >= 15 is 0 Å². The van der Waals surface area contributed by atoms with Crippen LogP contribution in [0.15, 0.2) is 30.3 Å². The third-order valence-corrected chi connectivity index (χ3v) is 6.23. The number of carbonyl (C=O) groups excluding carboxylic acids is 1. The summed E-state index contributed by atoms with van der Waals surface area (Å²) in [7, 11) is 0. The third-order valence-electron chi connectivity index (χ3n) is 6.23. The number of nitrogens with one attached hydrogen (secondary N) is 3. The molecule has 0 bridgehead atoms. The highest BCUT2D eigenvalue weighted by Gasteiger charge is 2.44. The first-order chi connectivity index (χ1) is 16.8. The summed E-state index contributed by atoms with van der Waals surface area (Å²) < 4.78 is 42.8. The number of carbonyl (C=O) groups is 1. The first-order valence-electron chi connectivity index (χ1n) is 12.2. The molecule has 0 aliphatic carbocycles. The van der Waals surface area contributed by atoms with Gasteiger partial charge in [0.1, 0.15) is 11.4 Å². The van der Waals surface area contributed by atoms with E-state index in [-0.39, 0.29) is 30.4 Å². The van der Waals surface area contributed by atoms with Crippen molar-refractivity contribution in [2.24, 2.45) is 0 Å². The van der Waals surface area contributed by atoms with Crippen LogP contribution in [-0.2, 0) is 0 Å². The zero-order chi connectivity index (χ0) is 25.6. The quantitative estimate of drug-likeness (QED) is 0.489. The predicted molar refractivity (Wildman–Crippen MR) is 131 cm³/mol. The van der Waals surface area contributed by atoms with Gasteiger partial charge >= 0.3 is 0 Å². The highest BCUT2D eigenvalue weighted by molar-refractivity contribution is 6.01. The maximum Gasteiger partial charge on any atom is 0.256 e. The fourth-order valence-electron chi connectivity index (χ4n) is 4.32. The first kappa shape index (κ1) is 27.0. The van der Waals surface area contributed by atoms with Crippen molar-refractivity contribution in [3.63, 3.8) is 0 Å². The highest BCUT2D eigenvalue weighted by atomic mass is 19.2. The summed E-state index contributed by atoms with van der Waals surface area (Å²) >= 11 is 0. The molecule has 4 N–H and O–H groups in total. The number of rotatable bonds is 6. The molecular weight excluding hydrogens is 457 g/mol. The van der Waals surface area contributed by atoms with Gasteiger partial charge in [-0.3, -0.25) is 4.79 Å². The third kappa shape index (κ3) is 6.54. The van der Waals surface area contributed by atoms with Crippen LogP contribution in [0.1, 0.15) is 49.0 Å². The molecule has 6 nitrogen and oxygen atoms in total. The Kier molecular flexibility index (Phi) is 9.15. The average molecular weight is 493 g/mol. The number of likely N-dealkylation sites (tertiary alicyclic amines) is 1. The molecule has 1 atom stereocenters. The fraction of sp³-hybridized carbons (Fsp3) is 0.500. The number of aryl methyl sites for hydroxylation is 1. The van der Waals surface area contributed by atoms with Gasteiger partial charge in [-0.05, 0) is 56.1 Å². The normalized spacial score (nSPS) is 19.2. The van der Waals surface area contributed by atoms with E-state index in [0.29, 0.717) is 12.1 Å². The van der Waals surface area contributed by atoms with Crippen molar-refractivity contribution in [2.75, 3.05) is 38.0 Å². The first-order valence-corrected chi connectivity index (χ1v) is 12.2. The molecule has 4 rings (SSSR count). The van der Waals surface area contributed by atoms with Gasteiger partial charge in [-0.1, -0.05) is 26.3 Å². The Morgan fingerprint density at radius 2 is 1.89 bits per heavy atom. The predicted octanol–water partition coefficient (Wildman–Crippen LogP) is 4.10. The van der Waals surface area contributed by atoms with Crippen molar-refractivity contribution < 1.29 is 23.1 Å². The molecule has 0 saturated carbocycles. The zero-order valence-corrected chi connectivity index (χ0v) is 20.6. The van der Waals surface area contributed by atoms with E-state index in [1.54, 1.807) is 13.0 Å². The van der Waals surface area contributed by atoms with Gasteiger partial charge in [-0.25, -0.2) is 13.2 Å². The number of halogens is 3. The van der Waals surface area contributed by atoms with Crippen LogP contribution >= 0.6 is 0 Å². The van der Waals surface area contributed by atoms with Crippen molar-refractivity contribution >= 4 is 17.3 Å². The lowest BCUT2D eigenvalue weighted by Gasteiger charge is -2.47. The second kappa shape index (κ2) is 11.9. The van der Waals surface area contributed by atoms with Crippen LogP contribution in [0.4, 0.5) is 24.5 Å². The average Bonchev–Trinajstić information content (AvgIpc) is 3.10. The van der Waals surface area contributed by atoms with E-state index < -0.39 is 34.6 Å². The van der Waals surface area contributed by atoms with Gasteiger partial charge < -0.3 is 26.0 Å². The Morgan fingerprint density at radius 3 is 2.60 bits per heavy atom. The van der Waals surface area contributed by atoms with Gasteiger partial charge in [0.05, 0.1) is 30.0 Å². The number of hydrogen-bond acceptors (Lipinski definition) is 5. The summed E-state index contributed by atoms with van der Waals surface area (Å²) in [6.45, 7) is 7.99. The number of β-amino-alcohol motifs (C(OH)–C–C–N with tert-alkyl or cyclic N) is 1. The van der Waals surface area contributed by atoms with Crippen molar-refractivity contribution in [1.82, 2.24) is 15.5 Å². The number of benzene rings is 2. The minimum Gasteiger partial charge on any atom is -0.385 e. The minimum absolute atomic E-state index is 0.0658. The molecule has 192 valence electrons.